The Kier molecular flexibility index (Phi) is 6.23. The van der Waals surface area contributed by atoms with Gasteiger partial charge in [-0.25, -0.2) is 12.8 Å². The number of hydrogen-bond acceptors (Lipinski definition) is 3. The van der Waals surface area contributed by atoms with E-state index in [1.165, 1.54) is 22.5 Å². The minimum atomic E-state index is -3.81. The fourth-order valence-electron chi connectivity index (χ4n) is 3.17. The van der Waals surface area contributed by atoms with E-state index in [0.717, 1.165) is 24.8 Å². The van der Waals surface area contributed by atoms with Crippen molar-refractivity contribution in [3.05, 3.63) is 65.2 Å². The van der Waals surface area contributed by atoms with Crippen LogP contribution in [0.2, 0.25) is 0 Å². The molecule has 1 fully saturated rings. The van der Waals surface area contributed by atoms with Gasteiger partial charge in [-0.1, -0.05) is 42.8 Å². The molecule has 0 atom stereocenters. The van der Waals surface area contributed by atoms with Gasteiger partial charge in [-0.3, -0.25) is 4.79 Å². The summed E-state index contributed by atoms with van der Waals surface area (Å²) >= 11 is 0. The Balaban J connectivity index is 1.83. The van der Waals surface area contributed by atoms with Crippen molar-refractivity contribution in [2.75, 3.05) is 13.1 Å². The van der Waals surface area contributed by atoms with Crippen LogP contribution >= 0.6 is 0 Å². The number of sulfonamides is 1. The van der Waals surface area contributed by atoms with Gasteiger partial charge in [-0.2, -0.15) is 4.31 Å². The van der Waals surface area contributed by atoms with Crippen LogP contribution in [0.25, 0.3) is 0 Å². The van der Waals surface area contributed by atoms with Gasteiger partial charge in [0.25, 0.3) is 5.91 Å². The Morgan fingerprint density at radius 1 is 1.04 bits per heavy atom. The SMILES string of the molecule is O=C(NCc1ccccc1)c1ccc(CF)c(S(=O)(=O)N2CCCCC2)c1. The van der Waals surface area contributed by atoms with E-state index in [1.54, 1.807) is 0 Å². The number of hydrogen-bond donors (Lipinski definition) is 1. The molecule has 1 amide bonds. The first kappa shape index (κ1) is 19.5. The number of rotatable bonds is 6. The molecule has 0 spiro atoms. The zero-order valence-corrected chi connectivity index (χ0v) is 15.8. The van der Waals surface area contributed by atoms with Gasteiger partial charge in [0.15, 0.2) is 0 Å². The van der Waals surface area contributed by atoms with Crippen LogP contribution in [0.1, 0.15) is 40.7 Å². The highest BCUT2D eigenvalue weighted by Gasteiger charge is 2.29. The topological polar surface area (TPSA) is 66.5 Å². The van der Waals surface area contributed by atoms with Gasteiger partial charge in [0, 0.05) is 30.8 Å². The minimum absolute atomic E-state index is 0.0835. The Morgan fingerprint density at radius 2 is 1.74 bits per heavy atom. The summed E-state index contributed by atoms with van der Waals surface area (Å²) in [6.07, 6.45) is 2.58. The summed E-state index contributed by atoms with van der Waals surface area (Å²) < 4.78 is 40.7. The Morgan fingerprint density at radius 3 is 2.41 bits per heavy atom. The molecule has 1 N–H and O–H groups in total. The number of amides is 1. The number of alkyl halides is 1. The van der Waals surface area contributed by atoms with E-state index < -0.39 is 16.7 Å². The monoisotopic (exact) mass is 390 g/mol. The first-order valence-corrected chi connectivity index (χ1v) is 10.5. The van der Waals surface area contributed by atoms with Crippen LogP contribution in [0.15, 0.2) is 53.4 Å². The smallest absolute Gasteiger partial charge is 0.251 e. The molecule has 0 radical (unpaired) electrons. The van der Waals surface area contributed by atoms with Crippen LogP contribution in [-0.4, -0.2) is 31.7 Å². The molecule has 1 saturated heterocycles. The molecule has 2 aromatic carbocycles. The van der Waals surface area contributed by atoms with E-state index in [2.05, 4.69) is 5.32 Å². The molecule has 3 rings (SSSR count). The molecule has 2 aromatic rings. The fourth-order valence-corrected chi connectivity index (χ4v) is 4.92. The Hall–Kier alpha value is -2.25. The Bertz CT molecular complexity index is 895. The van der Waals surface area contributed by atoms with Crippen molar-refractivity contribution >= 4 is 15.9 Å². The van der Waals surface area contributed by atoms with Gasteiger partial charge < -0.3 is 5.32 Å². The molecular formula is C20H23FN2O3S. The van der Waals surface area contributed by atoms with Crippen molar-refractivity contribution in [3.8, 4) is 0 Å². The molecule has 5 nitrogen and oxygen atoms in total. The summed E-state index contributed by atoms with van der Waals surface area (Å²) in [5.74, 6) is -0.389. The first-order chi connectivity index (χ1) is 13.0. The summed E-state index contributed by atoms with van der Waals surface area (Å²) in [5, 5.41) is 2.77. The van der Waals surface area contributed by atoms with Crippen LogP contribution in [0, 0.1) is 0 Å². The van der Waals surface area contributed by atoms with Crippen LogP contribution in [0.5, 0.6) is 0 Å². The van der Waals surface area contributed by atoms with E-state index in [-0.39, 0.29) is 21.9 Å². The summed E-state index contributed by atoms with van der Waals surface area (Å²) in [6, 6.07) is 13.6. The number of nitrogens with zero attached hydrogens (tertiary/aromatic N) is 1. The average molecular weight is 390 g/mol. The summed E-state index contributed by atoms with van der Waals surface area (Å²) in [4.78, 5) is 12.3. The van der Waals surface area contributed by atoms with E-state index in [4.69, 9.17) is 0 Å². The van der Waals surface area contributed by atoms with Gasteiger partial charge in [0.2, 0.25) is 10.0 Å². The maximum atomic E-state index is 13.4. The number of halogens is 1. The molecule has 1 heterocycles. The second-order valence-electron chi connectivity index (χ2n) is 6.59. The summed E-state index contributed by atoms with van der Waals surface area (Å²) in [6.45, 7) is 0.296. The van der Waals surface area contributed by atoms with E-state index in [9.17, 15) is 17.6 Å². The highest BCUT2D eigenvalue weighted by atomic mass is 32.2. The molecule has 0 bridgehead atoms. The lowest BCUT2D eigenvalue weighted by Gasteiger charge is -2.26. The van der Waals surface area contributed by atoms with Gasteiger partial charge in [0.1, 0.15) is 6.67 Å². The third-order valence-corrected chi connectivity index (χ3v) is 6.68. The zero-order chi connectivity index (χ0) is 19.3. The standard InChI is InChI=1S/C20H23FN2O3S/c21-14-18-10-9-17(20(24)22-15-16-7-3-1-4-8-16)13-19(18)27(25,26)23-11-5-2-6-12-23/h1,3-4,7-10,13H,2,5-6,11-12,14-15H2,(H,22,24). The number of benzene rings is 2. The van der Waals surface area contributed by atoms with Gasteiger partial charge in [-0.05, 0) is 30.5 Å². The molecule has 7 heteroatoms. The van der Waals surface area contributed by atoms with Gasteiger partial charge in [-0.15, -0.1) is 0 Å². The van der Waals surface area contributed by atoms with Crippen molar-refractivity contribution in [2.24, 2.45) is 0 Å². The number of carbonyl (C=O) groups is 1. The zero-order valence-electron chi connectivity index (χ0n) is 15.0. The predicted molar refractivity (Wildman–Crippen MR) is 101 cm³/mol. The van der Waals surface area contributed by atoms with Crippen molar-refractivity contribution in [3.63, 3.8) is 0 Å². The third kappa shape index (κ3) is 4.54. The van der Waals surface area contributed by atoms with Crippen LogP contribution in [0.4, 0.5) is 4.39 Å². The predicted octanol–water partition coefficient (Wildman–Crippen LogP) is 3.26. The van der Waals surface area contributed by atoms with Gasteiger partial charge in [0.05, 0.1) is 4.90 Å². The second-order valence-corrected chi connectivity index (χ2v) is 8.50. The lowest BCUT2D eigenvalue weighted by atomic mass is 10.1. The van der Waals surface area contributed by atoms with Crippen molar-refractivity contribution in [1.82, 2.24) is 9.62 Å². The third-order valence-electron chi connectivity index (χ3n) is 4.70. The lowest BCUT2D eigenvalue weighted by Crippen LogP contribution is -2.36. The highest BCUT2D eigenvalue weighted by molar-refractivity contribution is 7.89. The first-order valence-electron chi connectivity index (χ1n) is 9.03. The lowest BCUT2D eigenvalue weighted by molar-refractivity contribution is 0.0950. The maximum absolute atomic E-state index is 13.4. The van der Waals surface area contributed by atoms with Crippen molar-refractivity contribution in [1.29, 1.82) is 0 Å². The van der Waals surface area contributed by atoms with Gasteiger partial charge >= 0.3 is 0 Å². The highest BCUT2D eigenvalue weighted by Crippen LogP contribution is 2.25. The van der Waals surface area contributed by atoms with E-state index in [1.807, 2.05) is 30.3 Å². The molecule has 27 heavy (non-hydrogen) atoms. The average Bonchev–Trinajstić information content (AvgIpc) is 2.73. The van der Waals surface area contributed by atoms with Crippen LogP contribution in [0.3, 0.4) is 0 Å². The molecule has 0 aromatic heterocycles. The minimum Gasteiger partial charge on any atom is -0.348 e. The molecular weight excluding hydrogens is 367 g/mol. The van der Waals surface area contributed by atoms with Crippen molar-refractivity contribution < 1.29 is 17.6 Å². The largest absolute Gasteiger partial charge is 0.348 e. The molecule has 0 saturated carbocycles. The fraction of sp³-hybridized carbons (Fsp3) is 0.350. The number of piperidine rings is 1. The van der Waals surface area contributed by atoms with Crippen LogP contribution in [-0.2, 0) is 23.2 Å². The maximum Gasteiger partial charge on any atom is 0.251 e. The molecule has 0 aliphatic carbocycles. The Labute approximate surface area is 159 Å². The number of carbonyl (C=O) groups excluding carboxylic acids is 1. The van der Waals surface area contributed by atoms with E-state index >= 15 is 0 Å². The normalized spacial score (nSPS) is 15.4. The second kappa shape index (κ2) is 8.63. The molecule has 1 aliphatic rings. The quantitative estimate of drug-likeness (QED) is 0.823. The molecule has 1 aliphatic heterocycles. The molecule has 0 unspecified atom stereocenters. The summed E-state index contributed by atoms with van der Waals surface area (Å²) in [7, 11) is -3.81. The summed E-state index contributed by atoms with van der Waals surface area (Å²) in [5.41, 5.74) is 1.23. The number of nitrogens with one attached hydrogen (secondary N) is 1. The van der Waals surface area contributed by atoms with E-state index in [0.29, 0.717) is 19.6 Å². The van der Waals surface area contributed by atoms with Crippen molar-refractivity contribution in [2.45, 2.75) is 37.4 Å². The molecule has 144 valence electrons. The van der Waals surface area contributed by atoms with Crippen LogP contribution < -0.4 is 5.32 Å².